The zero-order chi connectivity index (χ0) is 11.5. The van der Waals surface area contributed by atoms with Crippen molar-refractivity contribution in [3.8, 4) is 0 Å². The minimum atomic E-state index is -4.70. The molecule has 1 aromatic carbocycles. The molecular weight excluding hydrogens is 212 g/mol. The van der Waals surface area contributed by atoms with E-state index in [4.69, 9.17) is 5.11 Å². The van der Waals surface area contributed by atoms with E-state index >= 15 is 0 Å². The highest BCUT2D eigenvalue weighted by molar-refractivity contribution is 5.51. The van der Waals surface area contributed by atoms with Crippen molar-refractivity contribution in [2.45, 2.75) is 6.18 Å². The highest BCUT2D eigenvalue weighted by Crippen LogP contribution is 2.32. The molecule has 0 amide bonds. The van der Waals surface area contributed by atoms with E-state index in [2.05, 4.69) is 0 Å². The van der Waals surface area contributed by atoms with Crippen LogP contribution in [0.15, 0.2) is 24.3 Å². The second-order valence-electron chi connectivity index (χ2n) is 2.82. The van der Waals surface area contributed by atoms with Gasteiger partial charge in [0.2, 0.25) is 0 Å². The lowest BCUT2D eigenvalue weighted by Gasteiger charge is -2.08. The molecule has 15 heavy (non-hydrogen) atoms. The maximum Gasteiger partial charge on any atom is 0.419 e. The van der Waals surface area contributed by atoms with Crippen LogP contribution < -0.4 is 0 Å². The van der Waals surface area contributed by atoms with Crippen LogP contribution in [-0.2, 0) is 6.18 Å². The lowest BCUT2D eigenvalue weighted by atomic mass is 10.1. The summed E-state index contributed by atoms with van der Waals surface area (Å²) >= 11 is 0. The number of rotatable bonds is 2. The summed E-state index contributed by atoms with van der Waals surface area (Å²) in [4.78, 5) is 0. The summed E-state index contributed by atoms with van der Waals surface area (Å²) in [5, 5.41) is 8.43. The zero-order valence-corrected chi connectivity index (χ0v) is 7.55. The number of aliphatic hydroxyl groups is 1. The molecule has 82 valence electrons. The van der Waals surface area contributed by atoms with Crippen LogP contribution in [0, 0.1) is 5.82 Å². The minimum absolute atomic E-state index is 0.192. The topological polar surface area (TPSA) is 20.2 Å². The minimum Gasteiger partial charge on any atom is -0.392 e. The van der Waals surface area contributed by atoms with Gasteiger partial charge in [-0.15, -0.1) is 0 Å². The molecule has 0 bridgehead atoms. The average Bonchev–Trinajstić information content (AvgIpc) is 2.15. The lowest BCUT2D eigenvalue weighted by molar-refractivity contribution is -0.140. The van der Waals surface area contributed by atoms with Gasteiger partial charge in [0.1, 0.15) is 5.82 Å². The summed E-state index contributed by atoms with van der Waals surface area (Å²) in [6.07, 6.45) is -2.14. The van der Waals surface area contributed by atoms with E-state index in [0.717, 1.165) is 6.07 Å². The third kappa shape index (κ3) is 3.06. The van der Waals surface area contributed by atoms with E-state index < -0.39 is 17.6 Å². The standard InChI is InChI=1S/C10H8F4O/c11-9-4-3-7(2-1-5-15)6-8(9)10(12,13)14/h1-4,6,15H,5H2/b2-1+. The molecule has 1 nitrogen and oxygen atoms in total. The van der Waals surface area contributed by atoms with Crippen LogP contribution in [0.3, 0.4) is 0 Å². The van der Waals surface area contributed by atoms with Crippen molar-refractivity contribution in [3.05, 3.63) is 41.2 Å². The Bertz CT molecular complexity index is 368. The van der Waals surface area contributed by atoms with Crippen LogP contribution in [0.2, 0.25) is 0 Å². The molecular formula is C10H8F4O. The Kier molecular flexibility index (Phi) is 3.47. The number of aliphatic hydroxyl groups excluding tert-OH is 1. The molecule has 0 aliphatic rings. The molecule has 0 fully saturated rings. The number of alkyl halides is 3. The molecule has 1 rings (SSSR count). The molecule has 5 heteroatoms. The van der Waals surface area contributed by atoms with Gasteiger partial charge in [0.25, 0.3) is 0 Å². The normalized spacial score (nSPS) is 12.3. The average molecular weight is 220 g/mol. The van der Waals surface area contributed by atoms with Gasteiger partial charge in [0.05, 0.1) is 12.2 Å². The maximum atomic E-state index is 12.8. The van der Waals surface area contributed by atoms with Gasteiger partial charge in [-0.1, -0.05) is 18.2 Å². The fraction of sp³-hybridized carbons (Fsp3) is 0.200. The molecule has 0 aliphatic carbocycles. The largest absolute Gasteiger partial charge is 0.419 e. The Balaban J connectivity index is 3.11. The van der Waals surface area contributed by atoms with Crippen molar-refractivity contribution in [2.75, 3.05) is 6.61 Å². The van der Waals surface area contributed by atoms with E-state index in [9.17, 15) is 17.6 Å². The SMILES string of the molecule is OC/C=C/c1ccc(F)c(C(F)(F)F)c1. The van der Waals surface area contributed by atoms with Gasteiger partial charge in [-0.05, 0) is 17.7 Å². The van der Waals surface area contributed by atoms with Crippen molar-refractivity contribution in [1.82, 2.24) is 0 Å². The highest BCUT2D eigenvalue weighted by atomic mass is 19.4. The molecule has 0 saturated carbocycles. The quantitative estimate of drug-likeness (QED) is 0.760. The van der Waals surface area contributed by atoms with Crippen molar-refractivity contribution >= 4 is 6.08 Å². The molecule has 1 aromatic rings. The number of hydrogen-bond acceptors (Lipinski definition) is 1. The van der Waals surface area contributed by atoms with Gasteiger partial charge < -0.3 is 5.11 Å². The summed E-state index contributed by atoms with van der Waals surface area (Å²) in [6.45, 7) is -0.279. The summed E-state index contributed by atoms with van der Waals surface area (Å²) in [5.41, 5.74) is -1.11. The number of benzene rings is 1. The van der Waals surface area contributed by atoms with Crippen LogP contribution in [0.1, 0.15) is 11.1 Å². The maximum absolute atomic E-state index is 12.8. The zero-order valence-electron chi connectivity index (χ0n) is 7.55. The first kappa shape index (κ1) is 11.7. The molecule has 0 saturated heterocycles. The van der Waals surface area contributed by atoms with Crippen molar-refractivity contribution in [2.24, 2.45) is 0 Å². The molecule has 0 aromatic heterocycles. The molecule has 0 atom stereocenters. The first-order valence-corrected chi connectivity index (χ1v) is 4.09. The van der Waals surface area contributed by atoms with Gasteiger partial charge in [0, 0.05) is 0 Å². The molecule has 0 spiro atoms. The predicted octanol–water partition coefficient (Wildman–Crippen LogP) is 2.85. The fourth-order valence-electron chi connectivity index (χ4n) is 1.05. The predicted molar refractivity (Wildman–Crippen MR) is 47.5 cm³/mol. The second kappa shape index (κ2) is 4.44. The summed E-state index contributed by atoms with van der Waals surface area (Å²) in [5.74, 6) is -1.30. The molecule has 0 unspecified atom stereocenters. The van der Waals surface area contributed by atoms with Gasteiger partial charge in [-0.25, -0.2) is 4.39 Å². The number of halogens is 4. The van der Waals surface area contributed by atoms with Crippen molar-refractivity contribution < 1.29 is 22.7 Å². The first-order chi connectivity index (χ1) is 6.95. The van der Waals surface area contributed by atoms with E-state index in [1.807, 2.05) is 0 Å². The van der Waals surface area contributed by atoms with Crippen molar-refractivity contribution in [3.63, 3.8) is 0 Å². The smallest absolute Gasteiger partial charge is 0.392 e. The summed E-state index contributed by atoms with van der Waals surface area (Å²) in [6, 6.07) is 2.65. The van der Waals surface area contributed by atoms with Gasteiger partial charge in [-0.3, -0.25) is 0 Å². The first-order valence-electron chi connectivity index (χ1n) is 4.09. The highest BCUT2D eigenvalue weighted by Gasteiger charge is 2.33. The van der Waals surface area contributed by atoms with E-state index in [1.54, 1.807) is 0 Å². The fourth-order valence-corrected chi connectivity index (χ4v) is 1.05. The Hall–Kier alpha value is -1.36. The van der Waals surface area contributed by atoms with Crippen molar-refractivity contribution in [1.29, 1.82) is 0 Å². The Morgan fingerprint density at radius 3 is 2.47 bits per heavy atom. The molecule has 0 radical (unpaired) electrons. The molecule has 1 N–H and O–H groups in total. The lowest BCUT2D eigenvalue weighted by Crippen LogP contribution is -2.08. The third-order valence-corrected chi connectivity index (χ3v) is 1.71. The third-order valence-electron chi connectivity index (χ3n) is 1.71. The van der Waals surface area contributed by atoms with Gasteiger partial charge >= 0.3 is 6.18 Å². The summed E-state index contributed by atoms with van der Waals surface area (Å²) in [7, 11) is 0. The Morgan fingerprint density at radius 1 is 1.27 bits per heavy atom. The summed E-state index contributed by atoms with van der Waals surface area (Å²) < 4.78 is 49.5. The molecule has 0 heterocycles. The van der Waals surface area contributed by atoms with Crippen LogP contribution in [-0.4, -0.2) is 11.7 Å². The van der Waals surface area contributed by atoms with E-state index in [1.165, 1.54) is 18.2 Å². The monoisotopic (exact) mass is 220 g/mol. The molecule has 0 aliphatic heterocycles. The van der Waals surface area contributed by atoms with Gasteiger partial charge in [-0.2, -0.15) is 13.2 Å². The van der Waals surface area contributed by atoms with Crippen LogP contribution in [0.5, 0.6) is 0 Å². The Labute approximate surface area is 83.7 Å². The number of hydrogen-bond donors (Lipinski definition) is 1. The van der Waals surface area contributed by atoms with Crippen LogP contribution in [0.4, 0.5) is 17.6 Å². The van der Waals surface area contributed by atoms with Gasteiger partial charge in [0.15, 0.2) is 0 Å². The van der Waals surface area contributed by atoms with E-state index in [0.29, 0.717) is 6.07 Å². The van der Waals surface area contributed by atoms with Crippen LogP contribution >= 0.6 is 0 Å². The Morgan fingerprint density at radius 2 is 1.93 bits per heavy atom. The second-order valence-corrected chi connectivity index (χ2v) is 2.82. The van der Waals surface area contributed by atoms with E-state index in [-0.39, 0.29) is 12.2 Å². The van der Waals surface area contributed by atoms with Crippen LogP contribution in [0.25, 0.3) is 6.08 Å².